The Kier molecular flexibility index (Phi) is 5.01. The maximum absolute atomic E-state index is 13.1. The van der Waals surface area contributed by atoms with Crippen LogP contribution in [0.4, 0.5) is 0 Å². The molecule has 0 aliphatic carbocycles. The van der Waals surface area contributed by atoms with E-state index >= 15 is 0 Å². The average Bonchev–Trinajstić information content (AvgIpc) is 3.06. The smallest absolute Gasteiger partial charge is 0.241 e. The molecule has 3 aliphatic rings. The number of rotatable bonds is 2. The Labute approximate surface area is 154 Å². The zero-order chi connectivity index (χ0) is 18.1. The lowest BCUT2D eigenvalue weighted by molar-refractivity contribution is -0.180. The highest BCUT2D eigenvalue weighted by molar-refractivity contribution is 5.82. The lowest BCUT2D eigenvalue weighted by Gasteiger charge is -2.47. The Morgan fingerprint density at radius 1 is 1.23 bits per heavy atom. The highest BCUT2D eigenvalue weighted by atomic mass is 16.5. The molecule has 3 fully saturated rings. The summed E-state index contributed by atoms with van der Waals surface area (Å²) >= 11 is 0. The fourth-order valence-corrected chi connectivity index (χ4v) is 4.66. The lowest BCUT2D eigenvalue weighted by Crippen LogP contribution is -2.58. The van der Waals surface area contributed by atoms with Gasteiger partial charge >= 0.3 is 0 Å². The number of benzene rings is 1. The quantitative estimate of drug-likeness (QED) is 0.744. The molecule has 1 aromatic carbocycles. The largest absolute Gasteiger partial charge is 0.390 e. The van der Waals surface area contributed by atoms with Crippen LogP contribution in [0.15, 0.2) is 30.3 Å². The molecule has 4 unspecified atom stereocenters. The number of amides is 1. The third-order valence-electron chi connectivity index (χ3n) is 6.41. The number of hydrazine groups is 1. The topological polar surface area (TPSA) is 73.8 Å². The van der Waals surface area contributed by atoms with E-state index in [2.05, 4.69) is 29.9 Å². The zero-order valence-electron chi connectivity index (χ0n) is 15.4. The zero-order valence-corrected chi connectivity index (χ0v) is 15.4. The van der Waals surface area contributed by atoms with E-state index in [0.717, 1.165) is 32.3 Å². The van der Waals surface area contributed by atoms with Crippen LogP contribution in [0, 0.1) is 5.92 Å². The van der Waals surface area contributed by atoms with Crippen LogP contribution >= 0.6 is 0 Å². The molecule has 1 amide bonds. The second kappa shape index (κ2) is 7.27. The van der Waals surface area contributed by atoms with Crippen molar-refractivity contribution in [3.8, 4) is 0 Å². The predicted molar refractivity (Wildman–Crippen MR) is 98.1 cm³/mol. The molecule has 26 heavy (non-hydrogen) atoms. The molecular formula is C20H29N3O3. The van der Waals surface area contributed by atoms with Crippen LogP contribution in [-0.2, 0) is 9.53 Å². The molecule has 3 N–H and O–H groups in total. The number of ether oxygens (including phenoxy) is 1. The predicted octanol–water partition coefficient (Wildman–Crippen LogP) is 1.37. The van der Waals surface area contributed by atoms with Gasteiger partial charge in [0.15, 0.2) is 0 Å². The summed E-state index contributed by atoms with van der Waals surface area (Å²) in [7, 11) is 0. The number of hydrogen-bond donors (Lipinski definition) is 3. The SMILES string of the molecule is CC1C(C(=O)N2CCC3(CC2)OCCCC3O)NNC1c1ccccc1. The molecule has 1 aromatic rings. The lowest BCUT2D eigenvalue weighted by atomic mass is 9.81. The first kappa shape index (κ1) is 17.9. The van der Waals surface area contributed by atoms with Gasteiger partial charge in [0, 0.05) is 25.6 Å². The monoisotopic (exact) mass is 359 g/mol. The third-order valence-corrected chi connectivity index (χ3v) is 6.41. The second-order valence-corrected chi connectivity index (χ2v) is 7.91. The third kappa shape index (κ3) is 3.16. The summed E-state index contributed by atoms with van der Waals surface area (Å²) in [6.45, 7) is 4.13. The first-order valence-electron chi connectivity index (χ1n) is 9.77. The minimum absolute atomic E-state index is 0.129. The first-order chi connectivity index (χ1) is 12.6. The molecule has 142 valence electrons. The van der Waals surface area contributed by atoms with Crippen LogP contribution in [0.3, 0.4) is 0 Å². The van der Waals surface area contributed by atoms with Gasteiger partial charge in [0.2, 0.25) is 5.91 Å². The van der Waals surface area contributed by atoms with Gasteiger partial charge in [0.05, 0.1) is 17.7 Å². The van der Waals surface area contributed by atoms with Crippen LogP contribution in [0.1, 0.15) is 44.2 Å². The van der Waals surface area contributed by atoms with Crippen molar-refractivity contribution in [2.75, 3.05) is 19.7 Å². The summed E-state index contributed by atoms with van der Waals surface area (Å²) < 4.78 is 5.95. The Morgan fingerprint density at radius 2 is 1.96 bits per heavy atom. The summed E-state index contributed by atoms with van der Waals surface area (Å²) in [5, 5.41) is 10.4. The number of nitrogens with one attached hydrogen (secondary N) is 2. The van der Waals surface area contributed by atoms with E-state index in [1.807, 2.05) is 23.1 Å². The summed E-state index contributed by atoms with van der Waals surface area (Å²) in [5.74, 6) is 0.306. The number of aliphatic hydroxyl groups excluding tert-OH is 1. The number of carbonyl (C=O) groups is 1. The minimum atomic E-state index is -0.436. The van der Waals surface area contributed by atoms with E-state index in [9.17, 15) is 9.90 Å². The summed E-state index contributed by atoms with van der Waals surface area (Å²) in [6, 6.07) is 10.1. The second-order valence-electron chi connectivity index (χ2n) is 7.91. The Morgan fingerprint density at radius 3 is 2.65 bits per heavy atom. The van der Waals surface area contributed by atoms with Gasteiger partial charge in [0.1, 0.15) is 6.04 Å². The van der Waals surface area contributed by atoms with Gasteiger partial charge in [-0.1, -0.05) is 37.3 Å². The molecule has 0 aromatic heterocycles. The number of aliphatic hydroxyl groups is 1. The van der Waals surface area contributed by atoms with Gasteiger partial charge in [-0.25, -0.2) is 10.9 Å². The minimum Gasteiger partial charge on any atom is -0.390 e. The van der Waals surface area contributed by atoms with E-state index in [4.69, 9.17) is 4.74 Å². The molecule has 6 nitrogen and oxygen atoms in total. The fraction of sp³-hybridized carbons (Fsp3) is 0.650. The van der Waals surface area contributed by atoms with Crippen molar-refractivity contribution in [3.63, 3.8) is 0 Å². The van der Waals surface area contributed by atoms with Gasteiger partial charge in [-0.15, -0.1) is 0 Å². The summed E-state index contributed by atoms with van der Waals surface area (Å²) in [6.07, 6.45) is 2.76. The van der Waals surface area contributed by atoms with E-state index in [-0.39, 0.29) is 23.9 Å². The Bertz CT molecular complexity index is 630. The van der Waals surface area contributed by atoms with Crippen LogP contribution in [-0.4, -0.2) is 53.4 Å². The highest BCUT2D eigenvalue weighted by Crippen LogP contribution is 2.36. The molecule has 1 spiro atoms. The number of nitrogens with zero attached hydrogens (tertiary/aromatic N) is 1. The van der Waals surface area contributed by atoms with Crippen LogP contribution in [0.25, 0.3) is 0 Å². The van der Waals surface area contributed by atoms with E-state index in [0.29, 0.717) is 13.1 Å². The molecule has 0 saturated carbocycles. The van der Waals surface area contributed by atoms with Crippen molar-refractivity contribution in [1.29, 1.82) is 0 Å². The molecule has 3 aliphatic heterocycles. The van der Waals surface area contributed by atoms with Gasteiger partial charge in [-0.2, -0.15) is 0 Å². The number of hydrogen-bond acceptors (Lipinski definition) is 5. The van der Waals surface area contributed by atoms with Crippen molar-refractivity contribution in [1.82, 2.24) is 15.8 Å². The number of piperidine rings is 1. The van der Waals surface area contributed by atoms with Gasteiger partial charge in [0.25, 0.3) is 0 Å². The normalized spacial score (nSPS) is 34.2. The first-order valence-corrected chi connectivity index (χ1v) is 9.77. The van der Waals surface area contributed by atoms with Gasteiger partial charge < -0.3 is 14.7 Å². The molecule has 6 heteroatoms. The van der Waals surface area contributed by atoms with Crippen molar-refractivity contribution in [3.05, 3.63) is 35.9 Å². The number of likely N-dealkylation sites (tertiary alicyclic amines) is 1. The molecule has 3 heterocycles. The van der Waals surface area contributed by atoms with E-state index in [1.165, 1.54) is 5.56 Å². The van der Waals surface area contributed by atoms with Crippen molar-refractivity contribution >= 4 is 5.91 Å². The van der Waals surface area contributed by atoms with Crippen LogP contribution in [0.2, 0.25) is 0 Å². The maximum atomic E-state index is 13.1. The molecule has 4 rings (SSSR count). The maximum Gasteiger partial charge on any atom is 0.241 e. The molecular weight excluding hydrogens is 330 g/mol. The van der Waals surface area contributed by atoms with Crippen molar-refractivity contribution in [2.45, 2.75) is 56.4 Å². The van der Waals surface area contributed by atoms with Crippen molar-refractivity contribution in [2.24, 2.45) is 5.92 Å². The van der Waals surface area contributed by atoms with E-state index in [1.54, 1.807) is 0 Å². The van der Waals surface area contributed by atoms with Crippen LogP contribution < -0.4 is 10.9 Å². The summed E-state index contributed by atoms with van der Waals surface area (Å²) in [5.41, 5.74) is 7.26. The average molecular weight is 359 g/mol. The summed E-state index contributed by atoms with van der Waals surface area (Å²) in [4.78, 5) is 15.0. The molecule has 4 atom stereocenters. The fourth-order valence-electron chi connectivity index (χ4n) is 4.66. The Hall–Kier alpha value is -1.47. The number of carbonyl (C=O) groups excluding carboxylic acids is 1. The molecule has 0 radical (unpaired) electrons. The molecule has 3 saturated heterocycles. The van der Waals surface area contributed by atoms with Gasteiger partial charge in [-0.3, -0.25) is 4.79 Å². The van der Waals surface area contributed by atoms with Gasteiger partial charge in [-0.05, 0) is 31.2 Å². The van der Waals surface area contributed by atoms with Crippen LogP contribution in [0.5, 0.6) is 0 Å². The standard InChI is InChI=1S/C20H29N3O3/c1-14-17(15-6-3-2-4-7-15)21-22-18(14)19(25)23-11-9-20(10-12-23)16(24)8-5-13-26-20/h2-4,6-7,14,16-18,21-22,24H,5,8-13H2,1H3. The molecule has 0 bridgehead atoms. The highest BCUT2D eigenvalue weighted by Gasteiger charge is 2.46. The Balaban J connectivity index is 1.38. The van der Waals surface area contributed by atoms with E-state index < -0.39 is 11.7 Å². The van der Waals surface area contributed by atoms with Crippen molar-refractivity contribution < 1.29 is 14.6 Å².